The molecule has 0 fully saturated rings. The van der Waals surface area contributed by atoms with Crippen LogP contribution in [-0.2, 0) is 13.1 Å². The van der Waals surface area contributed by atoms with Crippen LogP contribution in [0.1, 0.15) is 18.1 Å². The van der Waals surface area contributed by atoms with Crippen molar-refractivity contribution >= 4 is 18.2 Å². The second-order valence-electron chi connectivity index (χ2n) is 4.41. The summed E-state index contributed by atoms with van der Waals surface area (Å²) in [4.78, 5) is 2.10. The third kappa shape index (κ3) is 2.61. The monoisotopic (exact) mass is 262 g/mol. The number of benzene rings is 1. The summed E-state index contributed by atoms with van der Waals surface area (Å²) in [5.74, 6) is 0.878. The summed E-state index contributed by atoms with van der Waals surface area (Å²) < 4.78 is 2.66. The average Bonchev–Trinajstić information content (AvgIpc) is 2.73. The Morgan fingerprint density at radius 1 is 1.33 bits per heavy atom. The number of nitrogens with one attached hydrogen (secondary N) is 1. The number of nitrogens with zero attached hydrogens (tertiary/aromatic N) is 3. The highest BCUT2D eigenvalue weighted by Crippen LogP contribution is 2.13. The van der Waals surface area contributed by atoms with Crippen LogP contribution in [0.25, 0.3) is 0 Å². The maximum absolute atomic E-state index is 5.19. The molecule has 0 saturated carbocycles. The maximum Gasteiger partial charge on any atom is 0.225 e. The minimum Gasteiger partial charge on any atom is -0.340 e. The fraction of sp³-hybridized carbons (Fsp3) is 0.385. The molecule has 0 unspecified atom stereocenters. The Balaban J connectivity index is 2.19. The van der Waals surface area contributed by atoms with Crippen molar-refractivity contribution in [3.8, 4) is 0 Å². The van der Waals surface area contributed by atoms with Crippen LogP contribution in [0.5, 0.6) is 0 Å². The van der Waals surface area contributed by atoms with E-state index in [0.29, 0.717) is 4.77 Å². The quantitative estimate of drug-likeness (QED) is 0.861. The Hall–Kier alpha value is -1.62. The molecule has 0 aliphatic heterocycles. The SMILES string of the molecule is CCn1c(N(C)Cc2ccc(C)cc2)n[nH]c1=S. The number of anilines is 1. The van der Waals surface area contributed by atoms with E-state index in [1.165, 1.54) is 11.1 Å². The summed E-state index contributed by atoms with van der Waals surface area (Å²) in [7, 11) is 2.02. The van der Waals surface area contributed by atoms with Gasteiger partial charge in [-0.25, -0.2) is 5.10 Å². The largest absolute Gasteiger partial charge is 0.340 e. The van der Waals surface area contributed by atoms with Crippen molar-refractivity contribution in [2.75, 3.05) is 11.9 Å². The third-order valence-corrected chi connectivity index (χ3v) is 3.25. The van der Waals surface area contributed by atoms with Gasteiger partial charge < -0.3 is 4.90 Å². The Morgan fingerprint density at radius 3 is 2.61 bits per heavy atom. The van der Waals surface area contributed by atoms with Crippen LogP contribution in [-0.4, -0.2) is 21.8 Å². The molecule has 0 spiro atoms. The molecule has 0 saturated heterocycles. The maximum atomic E-state index is 5.19. The zero-order valence-corrected chi connectivity index (χ0v) is 11.8. The molecule has 96 valence electrons. The molecule has 2 aromatic rings. The van der Waals surface area contributed by atoms with E-state index in [4.69, 9.17) is 12.2 Å². The van der Waals surface area contributed by atoms with Gasteiger partial charge in [-0.05, 0) is 31.6 Å². The van der Waals surface area contributed by atoms with Crippen molar-refractivity contribution in [3.63, 3.8) is 0 Å². The van der Waals surface area contributed by atoms with E-state index in [0.717, 1.165) is 19.0 Å². The lowest BCUT2D eigenvalue weighted by atomic mass is 10.1. The predicted molar refractivity (Wildman–Crippen MR) is 76.4 cm³/mol. The van der Waals surface area contributed by atoms with E-state index in [2.05, 4.69) is 53.2 Å². The molecule has 18 heavy (non-hydrogen) atoms. The van der Waals surface area contributed by atoms with Crippen molar-refractivity contribution in [1.82, 2.24) is 14.8 Å². The number of hydrogen-bond acceptors (Lipinski definition) is 3. The fourth-order valence-corrected chi connectivity index (χ4v) is 2.18. The first-order chi connectivity index (χ1) is 8.61. The highest BCUT2D eigenvalue weighted by atomic mass is 32.1. The summed E-state index contributed by atoms with van der Waals surface area (Å²) in [6.07, 6.45) is 0. The third-order valence-electron chi connectivity index (χ3n) is 2.94. The fourth-order valence-electron chi connectivity index (χ4n) is 1.92. The van der Waals surface area contributed by atoms with E-state index >= 15 is 0 Å². The van der Waals surface area contributed by atoms with E-state index in [-0.39, 0.29) is 0 Å². The molecule has 0 amide bonds. The molecule has 0 aliphatic rings. The molecule has 0 radical (unpaired) electrons. The van der Waals surface area contributed by atoms with Crippen molar-refractivity contribution in [2.24, 2.45) is 0 Å². The zero-order chi connectivity index (χ0) is 13.1. The van der Waals surface area contributed by atoms with Gasteiger partial charge in [-0.2, -0.15) is 0 Å². The summed E-state index contributed by atoms with van der Waals surface area (Å²) in [5.41, 5.74) is 2.54. The molecule has 5 heteroatoms. The van der Waals surface area contributed by atoms with Crippen molar-refractivity contribution in [3.05, 3.63) is 40.2 Å². The van der Waals surface area contributed by atoms with Crippen LogP contribution in [0.4, 0.5) is 5.95 Å². The molecule has 0 atom stereocenters. The molecule has 1 aromatic carbocycles. The highest BCUT2D eigenvalue weighted by Gasteiger charge is 2.09. The van der Waals surface area contributed by atoms with E-state index < -0.39 is 0 Å². The number of aromatic nitrogens is 3. The summed E-state index contributed by atoms with van der Waals surface area (Å²) in [6, 6.07) is 8.53. The highest BCUT2D eigenvalue weighted by molar-refractivity contribution is 7.71. The minimum absolute atomic E-state index is 0.670. The molecular formula is C13H18N4S. The lowest BCUT2D eigenvalue weighted by molar-refractivity contribution is 0.717. The van der Waals surface area contributed by atoms with Crippen LogP contribution < -0.4 is 4.90 Å². The van der Waals surface area contributed by atoms with Crippen LogP contribution >= 0.6 is 12.2 Å². The van der Waals surface area contributed by atoms with E-state index in [1.807, 2.05) is 11.6 Å². The Labute approximate surface area is 112 Å². The van der Waals surface area contributed by atoms with Crippen LogP contribution in [0.2, 0.25) is 0 Å². The van der Waals surface area contributed by atoms with E-state index in [9.17, 15) is 0 Å². The predicted octanol–water partition coefficient (Wildman–Crippen LogP) is 2.91. The van der Waals surface area contributed by atoms with Gasteiger partial charge in [-0.15, -0.1) is 5.10 Å². The average molecular weight is 262 g/mol. The zero-order valence-electron chi connectivity index (χ0n) is 11.0. The molecule has 0 aliphatic carbocycles. The summed E-state index contributed by atoms with van der Waals surface area (Å²) >= 11 is 5.19. The van der Waals surface area contributed by atoms with Gasteiger partial charge in [0.2, 0.25) is 5.95 Å². The van der Waals surface area contributed by atoms with E-state index in [1.54, 1.807) is 0 Å². The first kappa shape index (κ1) is 12.8. The van der Waals surface area contributed by atoms with Crippen LogP contribution in [0.3, 0.4) is 0 Å². The van der Waals surface area contributed by atoms with Gasteiger partial charge in [0.05, 0.1) is 0 Å². The summed E-state index contributed by atoms with van der Waals surface area (Å²) in [5, 5.41) is 7.11. The molecule has 1 aromatic heterocycles. The lowest BCUT2D eigenvalue weighted by Gasteiger charge is -2.18. The minimum atomic E-state index is 0.670. The standard InChI is InChI=1S/C13H18N4S/c1-4-17-12(14-15-13(17)18)16(3)9-11-7-5-10(2)6-8-11/h5-8H,4,9H2,1-3H3,(H,15,18). The molecule has 0 bridgehead atoms. The molecule has 2 rings (SSSR count). The summed E-state index contributed by atoms with van der Waals surface area (Å²) in [6.45, 7) is 5.80. The normalized spacial score (nSPS) is 10.6. The first-order valence-electron chi connectivity index (χ1n) is 6.03. The number of aryl methyl sites for hydroxylation is 1. The van der Waals surface area contributed by atoms with Crippen molar-refractivity contribution in [2.45, 2.75) is 26.9 Å². The number of H-pyrrole nitrogens is 1. The number of rotatable bonds is 4. The van der Waals surface area contributed by atoms with Gasteiger partial charge >= 0.3 is 0 Å². The van der Waals surface area contributed by atoms with Crippen molar-refractivity contribution in [1.29, 1.82) is 0 Å². The van der Waals surface area contributed by atoms with Gasteiger partial charge in [0.25, 0.3) is 0 Å². The molecule has 1 N–H and O–H groups in total. The van der Waals surface area contributed by atoms with Crippen LogP contribution in [0, 0.1) is 11.7 Å². The number of hydrogen-bond donors (Lipinski definition) is 1. The van der Waals surface area contributed by atoms with Crippen molar-refractivity contribution < 1.29 is 0 Å². The van der Waals surface area contributed by atoms with Gasteiger partial charge in [0.15, 0.2) is 4.77 Å². The Kier molecular flexibility index (Phi) is 3.81. The Morgan fingerprint density at radius 2 is 2.00 bits per heavy atom. The first-order valence-corrected chi connectivity index (χ1v) is 6.44. The van der Waals surface area contributed by atoms with Gasteiger partial charge in [-0.3, -0.25) is 4.57 Å². The van der Waals surface area contributed by atoms with Gasteiger partial charge in [0.1, 0.15) is 0 Å². The van der Waals surface area contributed by atoms with Gasteiger partial charge in [0, 0.05) is 20.1 Å². The van der Waals surface area contributed by atoms with Crippen LogP contribution in [0.15, 0.2) is 24.3 Å². The topological polar surface area (TPSA) is 36.9 Å². The Bertz CT molecular complexity index is 567. The number of aromatic amines is 1. The smallest absolute Gasteiger partial charge is 0.225 e. The second kappa shape index (κ2) is 5.35. The molecular weight excluding hydrogens is 244 g/mol. The van der Waals surface area contributed by atoms with Gasteiger partial charge in [-0.1, -0.05) is 29.8 Å². The lowest BCUT2D eigenvalue weighted by Crippen LogP contribution is -2.20. The molecule has 1 heterocycles. The second-order valence-corrected chi connectivity index (χ2v) is 4.80. The molecule has 4 nitrogen and oxygen atoms in total.